The van der Waals surface area contributed by atoms with E-state index in [0.29, 0.717) is 11.3 Å². The maximum Gasteiger partial charge on any atom is 0.299 e. The average Bonchev–Trinajstić information content (AvgIpc) is 2.91. The maximum absolute atomic E-state index is 12.5. The first-order chi connectivity index (χ1) is 10.8. The molecule has 0 aliphatic carbocycles. The molecule has 2 heterocycles. The molecule has 3 rings (SSSR count). The summed E-state index contributed by atoms with van der Waals surface area (Å²) in [6, 6.07) is 4.95. The Labute approximate surface area is 142 Å². The smallest absolute Gasteiger partial charge is 0.275 e. The van der Waals surface area contributed by atoms with Gasteiger partial charge in [0.1, 0.15) is 0 Å². The van der Waals surface area contributed by atoms with Crippen molar-refractivity contribution >= 4 is 44.7 Å². The van der Waals surface area contributed by atoms with Gasteiger partial charge in [-0.3, -0.25) is 4.72 Å². The lowest BCUT2D eigenvalue weighted by Crippen LogP contribution is -2.16. The summed E-state index contributed by atoms with van der Waals surface area (Å²) >= 11 is 12.0. The van der Waals surface area contributed by atoms with E-state index in [1.54, 1.807) is 38.2 Å². The van der Waals surface area contributed by atoms with E-state index in [-0.39, 0.29) is 21.5 Å². The van der Waals surface area contributed by atoms with Crippen LogP contribution in [0.3, 0.4) is 0 Å². The third kappa shape index (κ3) is 2.97. The van der Waals surface area contributed by atoms with Crippen LogP contribution in [0.1, 0.15) is 11.3 Å². The second-order valence-corrected chi connectivity index (χ2v) is 7.23. The molecule has 7 nitrogen and oxygen atoms in total. The lowest BCUT2D eigenvalue weighted by atomic mass is 10.2. The van der Waals surface area contributed by atoms with E-state index in [9.17, 15) is 8.42 Å². The van der Waals surface area contributed by atoms with Crippen molar-refractivity contribution in [2.24, 2.45) is 0 Å². The molecule has 0 fully saturated rings. The predicted molar refractivity (Wildman–Crippen MR) is 87.5 cm³/mol. The van der Waals surface area contributed by atoms with Crippen LogP contribution in [0.2, 0.25) is 10.0 Å². The zero-order valence-electron chi connectivity index (χ0n) is 12.1. The second-order valence-electron chi connectivity index (χ2n) is 4.87. The highest BCUT2D eigenvalue weighted by molar-refractivity contribution is 7.92. The molecule has 10 heteroatoms. The van der Waals surface area contributed by atoms with E-state index in [4.69, 9.17) is 23.2 Å². The van der Waals surface area contributed by atoms with Crippen LogP contribution in [0.4, 0.5) is 5.69 Å². The minimum atomic E-state index is -4.03. The normalized spacial score (nSPS) is 11.8. The van der Waals surface area contributed by atoms with Gasteiger partial charge in [-0.2, -0.15) is 13.4 Å². The largest absolute Gasteiger partial charge is 0.299 e. The summed E-state index contributed by atoms with van der Waals surface area (Å²) < 4.78 is 28.6. The fourth-order valence-corrected chi connectivity index (χ4v) is 3.41. The van der Waals surface area contributed by atoms with E-state index >= 15 is 0 Å². The highest BCUT2D eigenvalue weighted by Gasteiger charge is 2.23. The van der Waals surface area contributed by atoms with Gasteiger partial charge in [-0.05, 0) is 31.5 Å². The number of benzene rings is 1. The number of anilines is 1. The number of nitrogens with one attached hydrogen (secondary N) is 1. The number of hydrogen-bond donors (Lipinski definition) is 1. The second kappa shape index (κ2) is 5.63. The van der Waals surface area contributed by atoms with Gasteiger partial charge in [-0.25, -0.2) is 9.50 Å². The van der Waals surface area contributed by atoms with Crippen molar-refractivity contribution < 1.29 is 8.42 Å². The molecule has 0 amide bonds. The standard InChI is InChI=1S/C13H11Cl2N5O2S/c1-7-3-4-9(14)10(15)11(7)19-23(21,22)13-17-12-16-8(2)5-6-20(12)18-13/h3-6,19H,1-2H3. The van der Waals surface area contributed by atoms with Gasteiger partial charge in [0.15, 0.2) is 0 Å². The predicted octanol–water partition coefficient (Wildman–Crippen LogP) is 2.85. The summed E-state index contributed by atoms with van der Waals surface area (Å²) in [6.45, 7) is 3.48. The Morgan fingerprint density at radius 3 is 2.61 bits per heavy atom. The molecule has 0 radical (unpaired) electrons. The Balaban J connectivity index is 2.06. The molecule has 0 saturated heterocycles. The Kier molecular flexibility index (Phi) is 3.91. The summed E-state index contributed by atoms with van der Waals surface area (Å²) in [5, 5.41) is 3.89. The fraction of sp³-hybridized carbons (Fsp3) is 0.154. The minimum absolute atomic E-state index is 0.118. The fourth-order valence-electron chi connectivity index (χ4n) is 1.91. The van der Waals surface area contributed by atoms with Gasteiger partial charge < -0.3 is 0 Å². The zero-order chi connectivity index (χ0) is 16.8. The van der Waals surface area contributed by atoms with E-state index < -0.39 is 15.2 Å². The van der Waals surface area contributed by atoms with Crippen molar-refractivity contribution in [2.45, 2.75) is 19.0 Å². The average molecular weight is 372 g/mol. The Morgan fingerprint density at radius 1 is 1.13 bits per heavy atom. The molecule has 0 aliphatic rings. The van der Waals surface area contributed by atoms with Gasteiger partial charge in [0.2, 0.25) is 0 Å². The Hall–Kier alpha value is -1.90. The molecule has 0 unspecified atom stereocenters. The van der Waals surface area contributed by atoms with Gasteiger partial charge in [-0.15, -0.1) is 5.10 Å². The summed E-state index contributed by atoms with van der Waals surface area (Å²) in [4.78, 5) is 8.05. The maximum atomic E-state index is 12.5. The number of nitrogens with zero attached hydrogens (tertiary/aromatic N) is 4. The molecule has 0 bridgehead atoms. The number of halogens is 2. The molecule has 2 aromatic heterocycles. The Morgan fingerprint density at radius 2 is 1.87 bits per heavy atom. The SMILES string of the molecule is Cc1ccn2nc(S(=O)(=O)Nc3c(C)ccc(Cl)c3Cl)nc2n1. The quantitative estimate of drug-likeness (QED) is 0.764. The minimum Gasteiger partial charge on any atom is -0.275 e. The molecule has 0 spiro atoms. The van der Waals surface area contributed by atoms with E-state index in [1.165, 1.54) is 4.52 Å². The molecule has 1 aromatic carbocycles. The van der Waals surface area contributed by atoms with Gasteiger partial charge in [0.25, 0.3) is 21.0 Å². The van der Waals surface area contributed by atoms with Crippen molar-refractivity contribution in [3.8, 4) is 0 Å². The molecule has 23 heavy (non-hydrogen) atoms. The molecule has 1 N–H and O–H groups in total. The molecule has 0 aliphatic heterocycles. The summed E-state index contributed by atoms with van der Waals surface area (Å²) in [7, 11) is -4.03. The third-order valence-electron chi connectivity index (χ3n) is 3.11. The molecular weight excluding hydrogens is 361 g/mol. The van der Waals surface area contributed by atoms with Gasteiger partial charge >= 0.3 is 0 Å². The number of fused-ring (bicyclic) bond motifs is 1. The summed E-state index contributed by atoms with van der Waals surface area (Å²) in [5.74, 6) is 0.194. The zero-order valence-corrected chi connectivity index (χ0v) is 14.4. The van der Waals surface area contributed by atoms with Crippen LogP contribution >= 0.6 is 23.2 Å². The molecular formula is C13H11Cl2N5O2S. The number of aromatic nitrogens is 4. The first-order valence-electron chi connectivity index (χ1n) is 6.45. The monoisotopic (exact) mass is 371 g/mol. The number of sulfonamides is 1. The summed E-state index contributed by atoms with van der Waals surface area (Å²) in [6.07, 6.45) is 1.58. The van der Waals surface area contributed by atoms with Crippen molar-refractivity contribution in [3.63, 3.8) is 0 Å². The van der Waals surface area contributed by atoms with Crippen LogP contribution in [-0.2, 0) is 10.0 Å². The highest BCUT2D eigenvalue weighted by atomic mass is 35.5. The highest BCUT2D eigenvalue weighted by Crippen LogP contribution is 2.33. The first-order valence-corrected chi connectivity index (χ1v) is 8.69. The number of aryl methyl sites for hydroxylation is 2. The van der Waals surface area contributed by atoms with Gasteiger partial charge in [-0.1, -0.05) is 29.3 Å². The van der Waals surface area contributed by atoms with E-state index in [1.807, 2.05) is 0 Å². The molecule has 0 atom stereocenters. The van der Waals surface area contributed by atoms with Crippen LogP contribution in [0, 0.1) is 13.8 Å². The molecule has 120 valence electrons. The van der Waals surface area contributed by atoms with Crippen molar-refractivity contribution in [3.05, 3.63) is 45.7 Å². The molecule has 3 aromatic rings. The third-order valence-corrected chi connectivity index (χ3v) is 5.04. The van der Waals surface area contributed by atoms with Crippen molar-refractivity contribution in [2.75, 3.05) is 4.72 Å². The summed E-state index contributed by atoms with van der Waals surface area (Å²) in [5.41, 5.74) is 1.53. The van der Waals surface area contributed by atoms with Gasteiger partial charge in [0.05, 0.1) is 15.7 Å². The van der Waals surface area contributed by atoms with Crippen LogP contribution in [0.5, 0.6) is 0 Å². The number of hydrogen-bond acceptors (Lipinski definition) is 5. The van der Waals surface area contributed by atoms with Crippen LogP contribution in [0.25, 0.3) is 5.78 Å². The van der Waals surface area contributed by atoms with Crippen LogP contribution < -0.4 is 4.72 Å². The van der Waals surface area contributed by atoms with Crippen LogP contribution in [-0.4, -0.2) is 28.0 Å². The Bertz CT molecular complexity index is 1020. The van der Waals surface area contributed by atoms with E-state index in [2.05, 4.69) is 19.8 Å². The lowest BCUT2D eigenvalue weighted by molar-refractivity contribution is 0.592. The number of rotatable bonds is 3. The van der Waals surface area contributed by atoms with Crippen molar-refractivity contribution in [1.29, 1.82) is 0 Å². The topological polar surface area (TPSA) is 89.3 Å². The van der Waals surface area contributed by atoms with Crippen molar-refractivity contribution in [1.82, 2.24) is 19.6 Å². The molecule has 0 saturated carbocycles. The van der Waals surface area contributed by atoms with Gasteiger partial charge in [0, 0.05) is 11.9 Å². The van der Waals surface area contributed by atoms with E-state index in [0.717, 1.165) is 0 Å². The first kappa shape index (κ1) is 16.0. The van der Waals surface area contributed by atoms with Crippen LogP contribution in [0.15, 0.2) is 29.6 Å². The lowest BCUT2D eigenvalue weighted by Gasteiger charge is -2.11.